The van der Waals surface area contributed by atoms with Crippen LogP contribution in [0.2, 0.25) is 0 Å². The van der Waals surface area contributed by atoms with Gasteiger partial charge in [0, 0.05) is 23.3 Å². The van der Waals surface area contributed by atoms with Crippen molar-refractivity contribution in [1.29, 1.82) is 0 Å². The van der Waals surface area contributed by atoms with Gasteiger partial charge in [-0.3, -0.25) is 9.59 Å². The van der Waals surface area contributed by atoms with Gasteiger partial charge in [0.2, 0.25) is 0 Å². The molecule has 0 radical (unpaired) electrons. The number of hydrogen-bond donors (Lipinski definition) is 3. The summed E-state index contributed by atoms with van der Waals surface area (Å²) in [6, 6.07) is 20.4. The molecule has 0 aliphatic carbocycles. The van der Waals surface area contributed by atoms with E-state index in [9.17, 15) is 9.59 Å². The number of nitrogens with one attached hydrogen (secondary N) is 3. The molecule has 130 valence electrons. The van der Waals surface area contributed by atoms with Gasteiger partial charge in [0.15, 0.2) is 0 Å². The molecule has 1 aromatic heterocycles. The minimum absolute atomic E-state index is 0.370. The zero-order valence-electron chi connectivity index (χ0n) is 14.2. The van der Waals surface area contributed by atoms with Gasteiger partial charge in [0.1, 0.15) is 5.82 Å². The Morgan fingerprint density at radius 1 is 0.731 bits per heavy atom. The molecule has 6 heteroatoms. The molecule has 1 heterocycles. The smallest absolute Gasteiger partial charge is 0.315 e. The molecule has 6 nitrogen and oxygen atoms in total. The van der Waals surface area contributed by atoms with Crippen LogP contribution in [-0.4, -0.2) is 16.8 Å². The van der Waals surface area contributed by atoms with Gasteiger partial charge in [-0.2, -0.15) is 0 Å². The quantitative estimate of drug-likeness (QED) is 0.629. The van der Waals surface area contributed by atoms with Crippen molar-refractivity contribution < 1.29 is 9.59 Å². The molecule has 26 heavy (non-hydrogen) atoms. The molecule has 0 saturated heterocycles. The number of pyridine rings is 1. The summed E-state index contributed by atoms with van der Waals surface area (Å²) < 4.78 is 0. The highest BCUT2D eigenvalue weighted by Gasteiger charge is 2.15. The third-order valence-electron chi connectivity index (χ3n) is 3.65. The van der Waals surface area contributed by atoms with E-state index in [4.69, 9.17) is 0 Å². The average Bonchev–Trinajstić information content (AvgIpc) is 2.66. The molecule has 3 aromatic rings. The first-order valence-corrected chi connectivity index (χ1v) is 8.08. The molecule has 2 aromatic carbocycles. The van der Waals surface area contributed by atoms with E-state index in [2.05, 4.69) is 20.9 Å². The lowest BCUT2D eigenvalue weighted by Gasteiger charge is -2.09. The van der Waals surface area contributed by atoms with Gasteiger partial charge in [-0.15, -0.1) is 0 Å². The summed E-state index contributed by atoms with van der Waals surface area (Å²) in [6.07, 6.45) is 1.55. The molecule has 3 N–H and O–H groups in total. The molecule has 0 saturated carbocycles. The topological polar surface area (TPSA) is 83.1 Å². The second kappa shape index (κ2) is 7.94. The maximum Gasteiger partial charge on any atom is 0.315 e. The predicted molar refractivity (Wildman–Crippen MR) is 102 cm³/mol. The Hall–Kier alpha value is -3.67. The van der Waals surface area contributed by atoms with Crippen molar-refractivity contribution in [1.82, 2.24) is 4.98 Å². The van der Waals surface area contributed by atoms with Crippen molar-refractivity contribution in [2.75, 3.05) is 16.0 Å². The number of aryl methyl sites for hydroxylation is 1. The van der Waals surface area contributed by atoms with Crippen molar-refractivity contribution in [3.05, 3.63) is 78.5 Å². The number of nitrogens with zero attached hydrogens (tertiary/aromatic N) is 1. The summed E-state index contributed by atoms with van der Waals surface area (Å²) in [5, 5.41) is 8.31. The van der Waals surface area contributed by atoms with E-state index in [1.807, 2.05) is 42.5 Å². The number of amides is 2. The molecule has 0 atom stereocenters. The van der Waals surface area contributed by atoms with E-state index in [0.29, 0.717) is 11.5 Å². The normalized spacial score (nSPS) is 10.0. The molecule has 0 fully saturated rings. The second-order valence-corrected chi connectivity index (χ2v) is 5.65. The highest BCUT2D eigenvalue weighted by Crippen LogP contribution is 2.18. The fourth-order valence-corrected chi connectivity index (χ4v) is 2.29. The summed E-state index contributed by atoms with van der Waals surface area (Å²) in [5.74, 6) is -1.15. The van der Waals surface area contributed by atoms with Crippen LogP contribution in [0, 0.1) is 6.92 Å². The monoisotopic (exact) mass is 346 g/mol. The van der Waals surface area contributed by atoms with Crippen LogP contribution in [0.15, 0.2) is 72.9 Å². The zero-order valence-corrected chi connectivity index (χ0v) is 14.2. The van der Waals surface area contributed by atoms with Crippen molar-refractivity contribution in [2.24, 2.45) is 0 Å². The van der Waals surface area contributed by atoms with Crippen molar-refractivity contribution in [3.63, 3.8) is 0 Å². The predicted octanol–water partition coefficient (Wildman–Crippen LogP) is 3.71. The van der Waals surface area contributed by atoms with Crippen molar-refractivity contribution in [2.45, 2.75) is 6.92 Å². The number of anilines is 4. The fourth-order valence-electron chi connectivity index (χ4n) is 2.29. The maximum absolute atomic E-state index is 12.0. The summed E-state index contributed by atoms with van der Waals surface area (Å²) in [7, 11) is 0. The summed E-state index contributed by atoms with van der Waals surface area (Å²) in [5.41, 5.74) is 3.16. The van der Waals surface area contributed by atoms with Gasteiger partial charge >= 0.3 is 11.8 Å². The molecule has 0 spiro atoms. The van der Waals surface area contributed by atoms with Crippen LogP contribution in [0.1, 0.15) is 5.56 Å². The van der Waals surface area contributed by atoms with E-state index in [-0.39, 0.29) is 0 Å². The molecule has 0 bridgehead atoms. The Bertz CT molecular complexity index is 909. The zero-order chi connectivity index (χ0) is 18.4. The largest absolute Gasteiger partial charge is 0.356 e. The van der Waals surface area contributed by atoms with E-state index >= 15 is 0 Å². The standard InChI is InChI=1S/C20H18N4O2/c1-14-6-5-13-21-18(14)24-20(26)19(25)23-17-11-9-16(10-12-17)22-15-7-3-2-4-8-15/h2-13,22H,1H3,(H,23,25)(H,21,24,26). The van der Waals surface area contributed by atoms with Gasteiger partial charge in [-0.05, 0) is 55.0 Å². The summed E-state index contributed by atoms with van der Waals surface area (Å²) >= 11 is 0. The molecule has 0 aliphatic heterocycles. The third kappa shape index (κ3) is 4.45. The first-order chi connectivity index (χ1) is 12.6. The molecule has 3 rings (SSSR count). The van der Waals surface area contributed by atoms with E-state index in [1.165, 1.54) is 0 Å². The van der Waals surface area contributed by atoms with Crippen LogP contribution in [0.25, 0.3) is 0 Å². The third-order valence-corrected chi connectivity index (χ3v) is 3.65. The lowest BCUT2D eigenvalue weighted by atomic mass is 10.2. The fraction of sp³-hybridized carbons (Fsp3) is 0.0500. The molecular weight excluding hydrogens is 328 g/mol. The SMILES string of the molecule is Cc1cccnc1NC(=O)C(=O)Nc1ccc(Nc2ccccc2)cc1. The maximum atomic E-state index is 12.0. The highest BCUT2D eigenvalue weighted by atomic mass is 16.2. The van der Waals surface area contributed by atoms with Gasteiger partial charge in [-0.1, -0.05) is 24.3 Å². The van der Waals surface area contributed by atoms with Gasteiger partial charge in [0.05, 0.1) is 0 Å². The number of para-hydroxylation sites is 1. The van der Waals surface area contributed by atoms with Crippen LogP contribution >= 0.6 is 0 Å². The summed E-state index contributed by atoms with van der Waals surface area (Å²) in [4.78, 5) is 28.1. The molecule has 0 unspecified atom stereocenters. The minimum Gasteiger partial charge on any atom is -0.356 e. The van der Waals surface area contributed by atoms with Crippen LogP contribution in [0.5, 0.6) is 0 Å². The molecular formula is C20H18N4O2. The minimum atomic E-state index is -0.765. The first-order valence-electron chi connectivity index (χ1n) is 8.08. The Morgan fingerprint density at radius 3 is 2.04 bits per heavy atom. The van der Waals surface area contributed by atoms with Gasteiger partial charge < -0.3 is 16.0 Å². The molecule has 2 amide bonds. The lowest BCUT2D eigenvalue weighted by molar-refractivity contribution is -0.133. The Kier molecular flexibility index (Phi) is 5.24. The highest BCUT2D eigenvalue weighted by molar-refractivity contribution is 6.43. The Morgan fingerprint density at radius 2 is 1.35 bits per heavy atom. The number of carbonyl (C=O) groups is 2. The van der Waals surface area contributed by atoms with Crippen LogP contribution in [0.3, 0.4) is 0 Å². The Balaban J connectivity index is 1.59. The number of hydrogen-bond acceptors (Lipinski definition) is 4. The van der Waals surface area contributed by atoms with Crippen LogP contribution in [0.4, 0.5) is 22.9 Å². The van der Waals surface area contributed by atoms with Gasteiger partial charge in [0.25, 0.3) is 0 Å². The van der Waals surface area contributed by atoms with Crippen LogP contribution < -0.4 is 16.0 Å². The Labute approximate surface area is 151 Å². The number of aromatic nitrogens is 1. The second-order valence-electron chi connectivity index (χ2n) is 5.65. The van der Waals surface area contributed by atoms with E-state index < -0.39 is 11.8 Å². The van der Waals surface area contributed by atoms with Crippen molar-refractivity contribution >= 4 is 34.7 Å². The average molecular weight is 346 g/mol. The molecule has 0 aliphatic rings. The number of carbonyl (C=O) groups excluding carboxylic acids is 2. The lowest BCUT2D eigenvalue weighted by Crippen LogP contribution is -2.29. The first kappa shape index (κ1) is 17.2. The summed E-state index contributed by atoms with van der Waals surface area (Å²) in [6.45, 7) is 1.80. The number of rotatable bonds is 4. The van der Waals surface area contributed by atoms with E-state index in [0.717, 1.165) is 16.9 Å². The van der Waals surface area contributed by atoms with E-state index in [1.54, 1.807) is 37.4 Å². The van der Waals surface area contributed by atoms with Crippen LogP contribution in [-0.2, 0) is 9.59 Å². The number of benzene rings is 2. The van der Waals surface area contributed by atoms with Gasteiger partial charge in [-0.25, -0.2) is 4.98 Å². The van der Waals surface area contributed by atoms with Crippen molar-refractivity contribution in [3.8, 4) is 0 Å².